The highest BCUT2D eigenvalue weighted by atomic mass is 16.4. The van der Waals surface area contributed by atoms with Gasteiger partial charge >= 0.3 is 12.0 Å². The summed E-state index contributed by atoms with van der Waals surface area (Å²) in [6.45, 7) is 3.17. The molecule has 1 fully saturated rings. The van der Waals surface area contributed by atoms with Gasteiger partial charge in [0.25, 0.3) is 0 Å². The minimum Gasteiger partial charge on any atom is -0.481 e. The molecule has 0 spiro atoms. The van der Waals surface area contributed by atoms with Crippen molar-refractivity contribution in [3.8, 4) is 0 Å². The Hall–Kier alpha value is -2.12. The Morgan fingerprint density at radius 3 is 2.70 bits per heavy atom. The van der Waals surface area contributed by atoms with Gasteiger partial charge < -0.3 is 15.3 Å². The average molecular weight is 285 g/mol. The summed E-state index contributed by atoms with van der Waals surface area (Å²) in [6.07, 6.45) is 1.04. The summed E-state index contributed by atoms with van der Waals surface area (Å²) in [7, 11) is 0. The highest BCUT2D eigenvalue weighted by molar-refractivity contribution is 6.03. The van der Waals surface area contributed by atoms with Crippen LogP contribution in [-0.2, 0) is 14.4 Å². The number of urea groups is 1. The first-order valence-corrected chi connectivity index (χ1v) is 6.47. The van der Waals surface area contributed by atoms with Crippen LogP contribution in [0.4, 0.5) is 4.79 Å². The van der Waals surface area contributed by atoms with Crippen molar-refractivity contribution in [2.75, 3.05) is 6.54 Å². The number of carboxylic acids is 1. The molecule has 1 heterocycles. The van der Waals surface area contributed by atoms with Crippen molar-refractivity contribution < 1.29 is 24.3 Å². The van der Waals surface area contributed by atoms with Gasteiger partial charge in [-0.2, -0.15) is 0 Å². The van der Waals surface area contributed by atoms with E-state index in [-0.39, 0.29) is 13.0 Å². The molecule has 3 N–H and O–H groups in total. The summed E-state index contributed by atoms with van der Waals surface area (Å²) in [4.78, 5) is 46.6. The van der Waals surface area contributed by atoms with Crippen LogP contribution < -0.4 is 10.6 Å². The number of carbonyl (C=O) groups excluding carboxylic acids is 3. The van der Waals surface area contributed by atoms with Crippen molar-refractivity contribution in [1.29, 1.82) is 0 Å². The predicted octanol–water partition coefficient (Wildman–Crippen LogP) is -0.314. The van der Waals surface area contributed by atoms with E-state index in [0.717, 1.165) is 4.90 Å². The smallest absolute Gasteiger partial charge is 0.318 e. The van der Waals surface area contributed by atoms with E-state index in [9.17, 15) is 19.2 Å². The van der Waals surface area contributed by atoms with Gasteiger partial charge in [0.05, 0.1) is 6.42 Å². The monoisotopic (exact) mass is 285 g/mol. The van der Waals surface area contributed by atoms with E-state index in [1.807, 2.05) is 6.92 Å². The van der Waals surface area contributed by atoms with Gasteiger partial charge in [0.2, 0.25) is 11.8 Å². The van der Waals surface area contributed by atoms with Crippen molar-refractivity contribution in [2.45, 2.75) is 45.2 Å². The van der Waals surface area contributed by atoms with Gasteiger partial charge in [-0.05, 0) is 13.3 Å². The molecule has 2 unspecified atom stereocenters. The number of carbonyl (C=O) groups is 4. The maximum absolute atomic E-state index is 12.1. The molecular formula is C12H19N3O5. The van der Waals surface area contributed by atoms with E-state index in [2.05, 4.69) is 10.6 Å². The molecule has 8 nitrogen and oxygen atoms in total. The van der Waals surface area contributed by atoms with Crippen molar-refractivity contribution in [2.24, 2.45) is 0 Å². The zero-order chi connectivity index (χ0) is 15.3. The zero-order valence-corrected chi connectivity index (χ0v) is 11.5. The Morgan fingerprint density at radius 1 is 1.50 bits per heavy atom. The molecule has 0 aromatic heterocycles. The van der Waals surface area contributed by atoms with E-state index in [4.69, 9.17) is 5.11 Å². The first-order valence-electron chi connectivity index (χ1n) is 6.47. The van der Waals surface area contributed by atoms with Gasteiger partial charge in [-0.3, -0.25) is 19.7 Å². The standard InChI is InChI=1S/C12H19N3O5/c1-3-4-8(5-10(17)18)13-12(20)15-6-9(16)14-11(19)7(15)2/h7-8H,3-6H2,1-2H3,(H,13,20)(H,17,18)(H,14,16,19). The van der Waals surface area contributed by atoms with E-state index < -0.39 is 35.9 Å². The van der Waals surface area contributed by atoms with Crippen molar-refractivity contribution >= 4 is 23.8 Å². The SMILES string of the molecule is CCCC(CC(=O)O)NC(=O)N1CC(=O)NC(=O)C1C. The van der Waals surface area contributed by atoms with Crippen LogP contribution in [0.25, 0.3) is 0 Å². The lowest BCUT2D eigenvalue weighted by molar-refractivity contribution is -0.139. The molecule has 0 aromatic rings. The summed E-state index contributed by atoms with van der Waals surface area (Å²) >= 11 is 0. The second-order valence-corrected chi connectivity index (χ2v) is 4.75. The van der Waals surface area contributed by atoms with Crippen LogP contribution >= 0.6 is 0 Å². The number of nitrogens with zero attached hydrogens (tertiary/aromatic N) is 1. The predicted molar refractivity (Wildman–Crippen MR) is 68.8 cm³/mol. The molecule has 0 radical (unpaired) electrons. The molecule has 20 heavy (non-hydrogen) atoms. The summed E-state index contributed by atoms with van der Waals surface area (Å²) in [5, 5.41) is 13.5. The Balaban J connectivity index is 2.69. The van der Waals surface area contributed by atoms with Gasteiger partial charge in [0.1, 0.15) is 12.6 Å². The van der Waals surface area contributed by atoms with Crippen molar-refractivity contribution in [3.05, 3.63) is 0 Å². The minimum atomic E-state index is -1.01. The van der Waals surface area contributed by atoms with Gasteiger partial charge in [0.15, 0.2) is 0 Å². The molecule has 0 aliphatic carbocycles. The first kappa shape index (κ1) is 15.9. The fraction of sp³-hybridized carbons (Fsp3) is 0.667. The molecule has 4 amide bonds. The van der Waals surface area contributed by atoms with E-state index in [1.54, 1.807) is 0 Å². The highest BCUT2D eigenvalue weighted by Gasteiger charge is 2.34. The summed E-state index contributed by atoms with van der Waals surface area (Å²) < 4.78 is 0. The van der Waals surface area contributed by atoms with Crippen LogP contribution in [-0.4, -0.2) is 52.4 Å². The molecule has 1 aliphatic rings. The lowest BCUT2D eigenvalue weighted by Crippen LogP contribution is -2.61. The molecule has 112 valence electrons. The third kappa shape index (κ3) is 4.22. The number of hydrogen-bond donors (Lipinski definition) is 3. The van der Waals surface area contributed by atoms with Gasteiger partial charge in [-0.15, -0.1) is 0 Å². The molecule has 2 atom stereocenters. The van der Waals surface area contributed by atoms with Gasteiger partial charge in [0, 0.05) is 6.04 Å². The van der Waals surface area contributed by atoms with E-state index in [1.165, 1.54) is 6.92 Å². The molecule has 0 saturated carbocycles. The summed E-state index contributed by atoms with van der Waals surface area (Å²) in [6, 6.07) is -1.88. The van der Waals surface area contributed by atoms with Crippen LogP contribution in [0.2, 0.25) is 0 Å². The number of carboxylic acid groups (broad SMARTS) is 1. The number of hydrogen-bond acceptors (Lipinski definition) is 4. The maximum atomic E-state index is 12.1. The van der Waals surface area contributed by atoms with E-state index in [0.29, 0.717) is 12.8 Å². The van der Waals surface area contributed by atoms with Crippen LogP contribution in [0.3, 0.4) is 0 Å². The Bertz CT molecular complexity index is 423. The first-order chi connectivity index (χ1) is 9.35. The number of amides is 4. The number of rotatable bonds is 5. The average Bonchev–Trinajstić information content (AvgIpc) is 2.33. The third-order valence-corrected chi connectivity index (χ3v) is 3.07. The fourth-order valence-electron chi connectivity index (χ4n) is 2.00. The van der Waals surface area contributed by atoms with Gasteiger partial charge in [-0.25, -0.2) is 4.79 Å². The van der Waals surface area contributed by atoms with Gasteiger partial charge in [-0.1, -0.05) is 13.3 Å². The molecule has 8 heteroatoms. The largest absolute Gasteiger partial charge is 0.481 e. The van der Waals surface area contributed by atoms with Crippen LogP contribution in [0.1, 0.15) is 33.1 Å². The summed E-state index contributed by atoms with van der Waals surface area (Å²) in [5.74, 6) is -2.10. The Kier molecular flexibility index (Phi) is 5.48. The number of piperazine rings is 1. The topological polar surface area (TPSA) is 116 Å². The molecule has 1 saturated heterocycles. The number of nitrogens with one attached hydrogen (secondary N) is 2. The molecule has 1 rings (SSSR count). The molecule has 0 bridgehead atoms. The quantitative estimate of drug-likeness (QED) is 0.599. The van der Waals surface area contributed by atoms with Crippen LogP contribution in [0.15, 0.2) is 0 Å². The molecule has 1 aliphatic heterocycles. The highest BCUT2D eigenvalue weighted by Crippen LogP contribution is 2.08. The minimum absolute atomic E-state index is 0.193. The zero-order valence-electron chi connectivity index (χ0n) is 11.5. The molecule has 0 aromatic carbocycles. The number of aliphatic carboxylic acids is 1. The van der Waals surface area contributed by atoms with Crippen molar-refractivity contribution in [3.63, 3.8) is 0 Å². The second kappa shape index (κ2) is 6.88. The lowest BCUT2D eigenvalue weighted by atomic mass is 10.1. The normalized spacial score (nSPS) is 20.3. The van der Waals surface area contributed by atoms with Crippen molar-refractivity contribution in [1.82, 2.24) is 15.5 Å². The Morgan fingerprint density at radius 2 is 2.15 bits per heavy atom. The maximum Gasteiger partial charge on any atom is 0.318 e. The fourth-order valence-corrected chi connectivity index (χ4v) is 2.00. The van der Waals surface area contributed by atoms with Crippen LogP contribution in [0, 0.1) is 0 Å². The number of imide groups is 1. The Labute approximate surface area is 116 Å². The third-order valence-electron chi connectivity index (χ3n) is 3.07. The van der Waals surface area contributed by atoms with Crippen LogP contribution in [0.5, 0.6) is 0 Å². The second-order valence-electron chi connectivity index (χ2n) is 4.75. The summed E-state index contributed by atoms with van der Waals surface area (Å²) in [5.41, 5.74) is 0. The molecular weight excluding hydrogens is 266 g/mol. The lowest BCUT2D eigenvalue weighted by Gasteiger charge is -2.32. The van der Waals surface area contributed by atoms with E-state index >= 15 is 0 Å².